The van der Waals surface area contributed by atoms with E-state index < -0.39 is 0 Å². The Hall–Kier alpha value is -2.73. The molecule has 0 saturated carbocycles. The molecule has 0 unspecified atom stereocenters. The number of allylic oxidation sites excluding steroid dienone is 1. The third-order valence-electron chi connectivity index (χ3n) is 2.64. The Bertz CT molecular complexity index is 682. The number of aromatic nitrogens is 6. The molecule has 0 aliphatic carbocycles. The molecule has 0 aromatic carbocycles. The van der Waals surface area contributed by atoms with Crippen LogP contribution in [0.2, 0.25) is 0 Å². The average molecular weight is 447 g/mol. The van der Waals surface area contributed by atoms with Crippen molar-refractivity contribution < 1.29 is 35.2 Å². The summed E-state index contributed by atoms with van der Waals surface area (Å²) in [5.74, 6) is 0. The zero-order valence-electron chi connectivity index (χ0n) is 14.5. The maximum absolute atomic E-state index is 9.50. The van der Waals surface area contributed by atoms with Crippen LogP contribution < -0.4 is 0 Å². The van der Waals surface area contributed by atoms with Crippen LogP contribution in [-0.2, 0) is 35.2 Å². The van der Waals surface area contributed by atoms with E-state index in [1.54, 1.807) is 39.3 Å². The van der Waals surface area contributed by atoms with Crippen molar-refractivity contribution in [3.8, 4) is 0 Å². The van der Waals surface area contributed by atoms with Gasteiger partial charge >= 0.3 is 43.7 Å². The molecule has 3 aromatic rings. The predicted molar refractivity (Wildman–Crippen MR) is 91.7 cm³/mol. The second-order valence-corrected chi connectivity index (χ2v) is 4.45. The Morgan fingerprint density at radius 2 is 1.26 bits per heavy atom. The fraction of sp³-hybridized carbons (Fsp3) is 0.0625. The van der Waals surface area contributed by atoms with E-state index in [4.69, 9.17) is 9.30 Å². The Morgan fingerprint density at radius 3 is 1.41 bits per heavy atom. The first-order valence-corrected chi connectivity index (χ1v) is 7.04. The SMILES string of the molecule is C=C(C)[CH]C=O.[C-]#[O+].[C-]#[O+].[Mo+2].c1cnn([B-](n2cccn2)n2cccn2)c1. The predicted octanol–water partition coefficient (Wildman–Crippen LogP) is 1.09. The Labute approximate surface area is 171 Å². The van der Waals surface area contributed by atoms with Crippen LogP contribution in [0.4, 0.5) is 0 Å². The van der Waals surface area contributed by atoms with Crippen LogP contribution in [0.1, 0.15) is 6.92 Å². The summed E-state index contributed by atoms with van der Waals surface area (Å²) in [5, 5.41) is 12.7. The van der Waals surface area contributed by atoms with Crippen molar-refractivity contribution in [2.24, 2.45) is 0 Å². The van der Waals surface area contributed by atoms with Crippen molar-refractivity contribution in [1.29, 1.82) is 0 Å². The number of carbonyl (C=O) groups is 1. The van der Waals surface area contributed by atoms with Gasteiger partial charge in [-0.2, -0.15) is 0 Å². The molecule has 0 bridgehead atoms. The largest absolute Gasteiger partial charge is 2.00 e. The van der Waals surface area contributed by atoms with Crippen LogP contribution in [-0.4, -0.2) is 42.5 Å². The maximum Gasteiger partial charge on any atom is 2.00 e. The van der Waals surface area contributed by atoms with E-state index >= 15 is 0 Å². The Morgan fingerprint density at radius 1 is 0.926 bits per heavy atom. The minimum atomic E-state index is -0.194. The topological polar surface area (TPSA) is 110 Å². The Kier molecular flexibility index (Phi) is 16.4. The summed E-state index contributed by atoms with van der Waals surface area (Å²) in [6.45, 7) is 14.2. The molecule has 0 spiro atoms. The van der Waals surface area contributed by atoms with Gasteiger partial charge < -0.3 is 18.6 Å². The number of nitrogens with zero attached hydrogens (tertiary/aromatic N) is 6. The zero-order chi connectivity index (χ0) is 19.8. The number of hydrogen-bond donors (Lipinski definition) is 0. The standard InChI is InChI=1S/C9H9BN6.C5H7O.2CO.Mo/c1-4-11-14(7-1)10(15-8-2-5-12-15)16-9-3-6-13-16;1-5(2)3-4-6;2*1-2;/h1-9H;3-4H,1H2,2H3;;;/q-1;;;;+2. The average Bonchev–Trinajstić information content (AvgIpc) is 3.44. The fourth-order valence-electron chi connectivity index (χ4n) is 1.73. The van der Waals surface area contributed by atoms with Crippen molar-refractivity contribution in [3.05, 3.63) is 87.3 Å². The molecule has 0 N–H and O–H groups in total. The van der Waals surface area contributed by atoms with E-state index in [9.17, 15) is 4.79 Å². The number of rotatable bonds is 5. The molecule has 0 amide bonds. The Balaban J connectivity index is 0. The summed E-state index contributed by atoms with van der Waals surface area (Å²) < 4.78 is 20.4. The summed E-state index contributed by atoms with van der Waals surface area (Å²) in [6, 6.07) is 5.62. The van der Waals surface area contributed by atoms with Crippen LogP contribution in [0.3, 0.4) is 0 Å². The van der Waals surface area contributed by atoms with Gasteiger partial charge in [0.05, 0.1) is 0 Å². The van der Waals surface area contributed by atoms with Gasteiger partial charge in [-0.25, -0.2) is 15.3 Å². The second kappa shape index (κ2) is 16.7. The van der Waals surface area contributed by atoms with E-state index in [1.807, 2.05) is 36.8 Å². The van der Waals surface area contributed by atoms with E-state index in [1.165, 1.54) is 6.42 Å². The first-order chi connectivity index (χ1) is 12.7. The van der Waals surface area contributed by atoms with Crippen molar-refractivity contribution in [3.63, 3.8) is 0 Å². The van der Waals surface area contributed by atoms with Gasteiger partial charge in [0.25, 0.3) is 7.12 Å². The molecule has 3 aromatic heterocycles. The van der Waals surface area contributed by atoms with E-state index in [2.05, 4.69) is 35.2 Å². The molecule has 0 aliphatic heterocycles. The normalized spacial score (nSPS) is 8.37. The van der Waals surface area contributed by atoms with Crippen LogP contribution in [0, 0.1) is 19.7 Å². The van der Waals surface area contributed by atoms with E-state index in [-0.39, 0.29) is 28.2 Å². The van der Waals surface area contributed by atoms with Gasteiger partial charge in [-0.1, -0.05) is 12.2 Å². The summed E-state index contributed by atoms with van der Waals surface area (Å²) in [5.41, 5.74) is 0.796. The quantitative estimate of drug-likeness (QED) is 0.253. The minimum absolute atomic E-state index is 0. The third-order valence-corrected chi connectivity index (χ3v) is 2.64. The van der Waals surface area contributed by atoms with Gasteiger partial charge in [0.1, 0.15) is 6.29 Å². The van der Waals surface area contributed by atoms with Gasteiger partial charge in [0.15, 0.2) is 0 Å². The van der Waals surface area contributed by atoms with Crippen LogP contribution in [0.25, 0.3) is 0 Å². The molecule has 11 heteroatoms. The van der Waals surface area contributed by atoms with Crippen LogP contribution in [0.15, 0.2) is 67.5 Å². The van der Waals surface area contributed by atoms with Gasteiger partial charge in [0.2, 0.25) is 0 Å². The second-order valence-electron chi connectivity index (χ2n) is 4.45. The first-order valence-electron chi connectivity index (χ1n) is 7.04. The maximum atomic E-state index is 9.50. The summed E-state index contributed by atoms with van der Waals surface area (Å²) in [7, 11) is -0.194. The molecule has 3 heterocycles. The first kappa shape index (κ1) is 26.5. The molecule has 136 valence electrons. The molecule has 0 aliphatic rings. The molecular formula is C16H16BMoN6O3+. The molecule has 2 radical (unpaired) electrons. The fourth-order valence-corrected chi connectivity index (χ4v) is 1.73. The number of aldehydes is 1. The number of hydrogen-bond acceptors (Lipinski definition) is 4. The summed E-state index contributed by atoms with van der Waals surface area (Å²) in [4.78, 5) is 9.50. The zero-order valence-corrected chi connectivity index (χ0v) is 16.5. The van der Waals surface area contributed by atoms with Crippen LogP contribution in [0.5, 0.6) is 0 Å². The summed E-state index contributed by atoms with van der Waals surface area (Å²) in [6.07, 6.45) is 13.0. The van der Waals surface area contributed by atoms with Gasteiger partial charge in [0, 0.05) is 25.0 Å². The molecule has 27 heavy (non-hydrogen) atoms. The van der Waals surface area contributed by atoms with Gasteiger partial charge in [-0.15, -0.1) is 0 Å². The van der Waals surface area contributed by atoms with Gasteiger partial charge in [-0.3, -0.25) is 0 Å². The van der Waals surface area contributed by atoms with Crippen molar-refractivity contribution in [2.45, 2.75) is 6.92 Å². The molecular weight excluding hydrogens is 431 g/mol. The minimum Gasteiger partial charge on any atom is -0.425 e. The van der Waals surface area contributed by atoms with Crippen LogP contribution >= 0.6 is 0 Å². The smallest absolute Gasteiger partial charge is 0.425 e. The third kappa shape index (κ3) is 9.51. The van der Waals surface area contributed by atoms with Crippen molar-refractivity contribution in [1.82, 2.24) is 29.1 Å². The molecule has 9 nitrogen and oxygen atoms in total. The van der Waals surface area contributed by atoms with Gasteiger partial charge in [-0.05, 0) is 43.7 Å². The molecule has 0 atom stereocenters. The monoisotopic (exact) mass is 449 g/mol. The van der Waals surface area contributed by atoms with Crippen molar-refractivity contribution >= 4 is 13.4 Å². The van der Waals surface area contributed by atoms with Crippen molar-refractivity contribution in [2.75, 3.05) is 0 Å². The van der Waals surface area contributed by atoms with E-state index in [0.29, 0.717) is 0 Å². The molecule has 3 rings (SSSR count). The van der Waals surface area contributed by atoms with E-state index in [0.717, 1.165) is 11.9 Å². The number of carbonyl (C=O) groups excluding carboxylic acids is 1. The molecule has 0 fully saturated rings. The molecule has 0 saturated heterocycles. The summed E-state index contributed by atoms with van der Waals surface area (Å²) >= 11 is 0.